The molecular formula is C17H12N4O4S2. The van der Waals surface area contributed by atoms with E-state index in [4.69, 9.17) is 9.26 Å². The fourth-order valence-corrected chi connectivity index (χ4v) is 3.38. The van der Waals surface area contributed by atoms with Crippen LogP contribution in [0.25, 0.3) is 21.7 Å². The largest absolute Gasteiger partial charge is 0.491 e. The van der Waals surface area contributed by atoms with E-state index in [1.807, 2.05) is 0 Å². The Kier molecular flexibility index (Phi) is 4.42. The van der Waals surface area contributed by atoms with E-state index in [0.29, 0.717) is 32.1 Å². The molecule has 8 nitrogen and oxygen atoms in total. The summed E-state index contributed by atoms with van der Waals surface area (Å²) in [6.45, 7) is 0. The third kappa shape index (κ3) is 3.57. The molecule has 0 unspecified atom stereocenters. The minimum atomic E-state index is -0.581. The second-order valence-corrected chi connectivity index (χ2v) is 7.19. The fraction of sp³-hybridized carbons (Fsp3) is 0.0588. The van der Waals surface area contributed by atoms with Crippen LogP contribution in [0, 0.1) is 0 Å². The third-order valence-corrected chi connectivity index (χ3v) is 4.83. The predicted molar refractivity (Wildman–Crippen MR) is 103 cm³/mol. The molecule has 0 aliphatic carbocycles. The van der Waals surface area contributed by atoms with Crippen LogP contribution in [0.1, 0.15) is 0 Å². The lowest BCUT2D eigenvalue weighted by atomic mass is 10.2. The van der Waals surface area contributed by atoms with Crippen molar-refractivity contribution in [3.63, 3.8) is 0 Å². The number of pyridine rings is 1. The molecule has 0 aliphatic rings. The number of thiol groups is 1. The number of hydrogen-bond donors (Lipinski definition) is 2. The Morgan fingerprint density at radius 1 is 1.22 bits per heavy atom. The topological polar surface area (TPSA) is 102 Å². The number of carbonyl (C=O) groups is 1. The molecule has 3 heterocycles. The standard InChI is InChI=1S/C17H12N4O4S2/c1-21(13-7-6-11-15(19-13)27-16(26)18-11)17(23)24-10-4-2-9(3-5-10)12-8-14(22)20-25-12/h2-8H,1H3,(H,18,26)(H,20,22). The lowest BCUT2D eigenvalue weighted by Gasteiger charge is -2.15. The monoisotopic (exact) mass is 400 g/mol. The van der Waals surface area contributed by atoms with Crippen LogP contribution in [0.4, 0.5) is 10.6 Å². The quantitative estimate of drug-likeness (QED) is 0.502. The number of anilines is 1. The number of thiazole rings is 1. The van der Waals surface area contributed by atoms with Gasteiger partial charge >= 0.3 is 6.09 Å². The molecule has 0 radical (unpaired) electrons. The summed E-state index contributed by atoms with van der Waals surface area (Å²) in [7, 11) is 1.57. The smallest absolute Gasteiger partial charge is 0.420 e. The van der Waals surface area contributed by atoms with E-state index in [-0.39, 0.29) is 5.88 Å². The van der Waals surface area contributed by atoms with Crippen LogP contribution in [-0.4, -0.2) is 33.4 Å². The molecule has 4 aromatic rings. The summed E-state index contributed by atoms with van der Waals surface area (Å²) in [6, 6.07) is 11.5. The molecule has 0 saturated heterocycles. The van der Waals surface area contributed by atoms with Crippen molar-refractivity contribution in [3.8, 4) is 23.0 Å². The average molecular weight is 400 g/mol. The highest BCUT2D eigenvalue weighted by Crippen LogP contribution is 2.27. The van der Waals surface area contributed by atoms with Gasteiger partial charge in [0, 0.05) is 18.7 Å². The van der Waals surface area contributed by atoms with E-state index < -0.39 is 6.09 Å². The van der Waals surface area contributed by atoms with Gasteiger partial charge in [-0.15, -0.1) is 12.6 Å². The first-order valence-corrected chi connectivity index (χ1v) is 8.94. The molecule has 1 amide bonds. The molecule has 0 fully saturated rings. The number of rotatable bonds is 3. The number of aromatic hydroxyl groups is 1. The minimum absolute atomic E-state index is 0.197. The number of amides is 1. The number of hydrogen-bond acceptors (Lipinski definition) is 9. The first-order valence-electron chi connectivity index (χ1n) is 7.68. The molecule has 1 N–H and O–H groups in total. The average Bonchev–Trinajstić information content (AvgIpc) is 3.25. The van der Waals surface area contributed by atoms with Crippen molar-refractivity contribution >= 4 is 46.2 Å². The van der Waals surface area contributed by atoms with Gasteiger partial charge in [0.1, 0.15) is 26.3 Å². The van der Waals surface area contributed by atoms with E-state index in [0.717, 1.165) is 5.52 Å². The van der Waals surface area contributed by atoms with Gasteiger partial charge in [-0.1, -0.05) is 11.3 Å². The summed E-state index contributed by atoms with van der Waals surface area (Å²) < 4.78 is 10.9. The highest BCUT2D eigenvalue weighted by Gasteiger charge is 2.16. The molecule has 0 atom stereocenters. The van der Waals surface area contributed by atoms with Crippen LogP contribution >= 0.6 is 24.0 Å². The molecule has 27 heavy (non-hydrogen) atoms. The van der Waals surface area contributed by atoms with Crippen LogP contribution in [-0.2, 0) is 0 Å². The van der Waals surface area contributed by atoms with E-state index in [9.17, 15) is 9.90 Å². The Labute approximate surface area is 162 Å². The number of carbonyl (C=O) groups excluding carboxylic acids is 1. The van der Waals surface area contributed by atoms with Crippen molar-refractivity contribution in [1.29, 1.82) is 0 Å². The summed E-state index contributed by atoms with van der Waals surface area (Å²) in [5, 5.41) is 12.6. The van der Waals surface area contributed by atoms with Gasteiger partial charge in [0.2, 0.25) is 0 Å². The highest BCUT2D eigenvalue weighted by atomic mass is 32.2. The van der Waals surface area contributed by atoms with Crippen molar-refractivity contribution < 1.29 is 19.2 Å². The van der Waals surface area contributed by atoms with E-state index in [2.05, 4.69) is 27.8 Å². The second kappa shape index (κ2) is 6.89. The Morgan fingerprint density at radius 2 is 2.00 bits per heavy atom. The number of fused-ring (bicyclic) bond motifs is 1. The maximum atomic E-state index is 12.4. The minimum Gasteiger partial charge on any atom is -0.491 e. The fourth-order valence-electron chi connectivity index (χ4n) is 2.33. The number of benzene rings is 1. The molecule has 4 rings (SSSR count). The molecule has 3 aromatic heterocycles. The normalized spacial score (nSPS) is 10.9. The number of nitrogens with zero attached hydrogens (tertiary/aromatic N) is 4. The molecule has 0 aliphatic heterocycles. The number of aromatic nitrogens is 3. The second-order valence-electron chi connectivity index (χ2n) is 5.49. The van der Waals surface area contributed by atoms with Crippen molar-refractivity contribution in [2.45, 2.75) is 4.34 Å². The zero-order valence-electron chi connectivity index (χ0n) is 13.9. The molecule has 0 bridgehead atoms. The Morgan fingerprint density at radius 3 is 2.70 bits per heavy atom. The van der Waals surface area contributed by atoms with E-state index >= 15 is 0 Å². The maximum absolute atomic E-state index is 12.4. The van der Waals surface area contributed by atoms with Crippen molar-refractivity contribution in [2.75, 3.05) is 11.9 Å². The van der Waals surface area contributed by atoms with Crippen LogP contribution in [0.2, 0.25) is 0 Å². The Hall–Kier alpha value is -3.11. The van der Waals surface area contributed by atoms with Crippen LogP contribution in [0.5, 0.6) is 11.6 Å². The highest BCUT2D eigenvalue weighted by molar-refractivity contribution is 7.82. The summed E-state index contributed by atoms with van der Waals surface area (Å²) in [4.78, 5) is 23.0. The van der Waals surface area contributed by atoms with E-state index in [1.165, 1.54) is 22.3 Å². The van der Waals surface area contributed by atoms with Crippen LogP contribution < -0.4 is 9.64 Å². The first kappa shape index (κ1) is 17.3. The zero-order valence-corrected chi connectivity index (χ0v) is 15.6. The zero-order chi connectivity index (χ0) is 19.0. The van der Waals surface area contributed by atoms with Crippen molar-refractivity contribution in [1.82, 2.24) is 15.1 Å². The predicted octanol–water partition coefficient (Wildman–Crippen LogP) is 3.98. The van der Waals surface area contributed by atoms with Gasteiger partial charge in [0.25, 0.3) is 5.88 Å². The van der Waals surface area contributed by atoms with Crippen molar-refractivity contribution in [3.05, 3.63) is 42.5 Å². The lowest BCUT2D eigenvalue weighted by molar-refractivity contribution is 0.209. The first-order chi connectivity index (χ1) is 13.0. The van der Waals surface area contributed by atoms with Gasteiger partial charge in [-0.3, -0.25) is 4.90 Å². The maximum Gasteiger partial charge on any atom is 0.420 e. The SMILES string of the molecule is CN(C(=O)Oc1ccc(-c2cc(O)no2)cc1)c1ccc2nc(S)sc2n1. The van der Waals surface area contributed by atoms with Gasteiger partial charge in [0.05, 0.1) is 0 Å². The summed E-state index contributed by atoms with van der Waals surface area (Å²) >= 11 is 5.54. The van der Waals surface area contributed by atoms with Gasteiger partial charge in [-0.2, -0.15) is 0 Å². The Balaban J connectivity index is 1.48. The van der Waals surface area contributed by atoms with Gasteiger partial charge in [-0.05, 0) is 41.6 Å². The molecule has 136 valence electrons. The third-order valence-electron chi connectivity index (χ3n) is 3.69. The van der Waals surface area contributed by atoms with E-state index in [1.54, 1.807) is 43.4 Å². The Bertz CT molecular complexity index is 1120. The number of ether oxygens (including phenoxy) is 1. The van der Waals surface area contributed by atoms with Gasteiger partial charge < -0.3 is 14.4 Å². The summed E-state index contributed by atoms with van der Waals surface area (Å²) in [6.07, 6.45) is -0.581. The molecular weight excluding hydrogens is 388 g/mol. The lowest BCUT2D eigenvalue weighted by Crippen LogP contribution is -2.30. The molecule has 10 heteroatoms. The van der Waals surface area contributed by atoms with Gasteiger partial charge in [0.15, 0.2) is 5.76 Å². The van der Waals surface area contributed by atoms with Crippen molar-refractivity contribution in [2.24, 2.45) is 0 Å². The van der Waals surface area contributed by atoms with Crippen LogP contribution in [0.3, 0.4) is 0 Å². The molecule has 0 spiro atoms. The summed E-state index contributed by atoms with van der Waals surface area (Å²) in [5.74, 6) is 1.01. The van der Waals surface area contributed by atoms with Gasteiger partial charge in [-0.25, -0.2) is 14.8 Å². The molecule has 1 aromatic carbocycles. The van der Waals surface area contributed by atoms with Crippen LogP contribution in [0.15, 0.2) is 51.3 Å². The molecule has 0 saturated carbocycles. The summed E-state index contributed by atoms with van der Waals surface area (Å²) in [5.41, 5.74) is 1.42.